The van der Waals surface area contributed by atoms with Crippen LogP contribution >= 0.6 is 0 Å². The van der Waals surface area contributed by atoms with Gasteiger partial charge in [0.2, 0.25) is 12.6 Å². The molecule has 1 amide bonds. The molecule has 294 valence electrons. The van der Waals surface area contributed by atoms with Gasteiger partial charge in [0.1, 0.15) is 17.2 Å². The van der Waals surface area contributed by atoms with Crippen LogP contribution in [0.3, 0.4) is 0 Å². The average molecular weight is 753 g/mol. The van der Waals surface area contributed by atoms with Crippen molar-refractivity contribution < 1.29 is 60.4 Å². The fourth-order valence-corrected chi connectivity index (χ4v) is 5.30. The molecule has 4 rings (SSSR count). The number of carboxylic acid groups (broad SMARTS) is 1. The van der Waals surface area contributed by atoms with Crippen molar-refractivity contribution in [3.63, 3.8) is 0 Å². The van der Waals surface area contributed by atoms with Crippen LogP contribution in [-0.2, 0) is 41.7 Å². The quantitative estimate of drug-likeness (QED) is 0.299. The van der Waals surface area contributed by atoms with Gasteiger partial charge >= 0.3 is 18.2 Å². The van der Waals surface area contributed by atoms with Crippen molar-refractivity contribution in [3.8, 4) is 0 Å². The van der Waals surface area contributed by atoms with E-state index in [0.717, 1.165) is 25.7 Å². The van der Waals surface area contributed by atoms with Gasteiger partial charge in [0.25, 0.3) is 0 Å². The molecule has 2 saturated heterocycles. The van der Waals surface area contributed by atoms with Gasteiger partial charge in [-0.2, -0.15) is 13.2 Å². The monoisotopic (exact) mass is 752 g/mol. The van der Waals surface area contributed by atoms with Gasteiger partial charge in [-0.25, -0.2) is 28.3 Å². The van der Waals surface area contributed by atoms with Crippen LogP contribution in [0.2, 0.25) is 0 Å². The first-order valence-corrected chi connectivity index (χ1v) is 16.6. The van der Waals surface area contributed by atoms with Gasteiger partial charge in [0, 0.05) is 58.1 Å². The molecule has 0 bridgehead atoms. The number of ether oxygens (including phenoxy) is 3. The Morgan fingerprint density at radius 1 is 0.885 bits per heavy atom. The zero-order chi connectivity index (χ0) is 39.4. The zero-order valence-corrected chi connectivity index (χ0v) is 30.5. The number of carbonyl (C=O) groups is 4. The highest BCUT2D eigenvalue weighted by molar-refractivity contribution is 5.79. The Hall–Kier alpha value is -3.97. The topological polar surface area (TPSA) is 167 Å². The summed E-state index contributed by atoms with van der Waals surface area (Å²) in [5.41, 5.74) is 0.537. The minimum atomic E-state index is -5.08. The number of aromatic nitrogens is 4. The van der Waals surface area contributed by atoms with Gasteiger partial charge in [-0.3, -0.25) is 18.7 Å². The maximum Gasteiger partial charge on any atom is 0.490 e. The third kappa shape index (κ3) is 13.2. The molecule has 2 aromatic rings. The van der Waals surface area contributed by atoms with E-state index >= 15 is 0 Å². The Bertz CT molecular complexity index is 1480. The molecule has 2 atom stereocenters. The van der Waals surface area contributed by atoms with Crippen LogP contribution in [0.5, 0.6) is 0 Å². The van der Waals surface area contributed by atoms with E-state index in [1.165, 1.54) is 34.1 Å². The highest BCUT2D eigenvalue weighted by Crippen LogP contribution is 2.31. The summed E-state index contributed by atoms with van der Waals surface area (Å²) in [5.74, 6) is -2.47. The Kier molecular flexibility index (Phi) is 16.8. The minimum Gasteiger partial charge on any atom is -0.475 e. The number of carboxylic acids is 1. The number of nitrogens with one attached hydrogen (secondary N) is 1. The summed E-state index contributed by atoms with van der Waals surface area (Å²) < 4.78 is 79.4. The fraction of sp³-hybridized carbons (Fsp3) is 0.697. The SMILES string of the molecule is CC(=O)C(F)n1c(CN(C)C(=O)OC(C)(C)C)cnc1C1CCOCC1.CNCc1cnc(C2CCOCC2)n1C(F)C(C)=O.O=C(O)C(F)(F)F. The first-order valence-electron chi connectivity index (χ1n) is 16.6. The number of amides is 1. The zero-order valence-electron chi connectivity index (χ0n) is 30.5. The molecule has 2 aromatic heterocycles. The molecule has 52 heavy (non-hydrogen) atoms. The van der Waals surface area contributed by atoms with E-state index in [9.17, 15) is 36.3 Å². The number of alkyl halides is 5. The average Bonchev–Trinajstić information content (AvgIpc) is 3.68. The van der Waals surface area contributed by atoms with Crippen molar-refractivity contribution in [1.29, 1.82) is 0 Å². The normalized spacial score (nSPS) is 16.8. The summed E-state index contributed by atoms with van der Waals surface area (Å²) in [6.45, 7) is 10.9. The number of ketones is 2. The minimum absolute atomic E-state index is 0.0296. The Morgan fingerprint density at radius 2 is 1.27 bits per heavy atom. The van der Waals surface area contributed by atoms with Crippen LogP contribution in [0, 0.1) is 0 Å². The molecule has 0 saturated carbocycles. The molecule has 2 unspecified atom stereocenters. The molecule has 14 nitrogen and oxygen atoms in total. The molecule has 0 radical (unpaired) electrons. The summed E-state index contributed by atoms with van der Waals surface area (Å²) in [6, 6.07) is 0. The highest BCUT2D eigenvalue weighted by atomic mass is 19.4. The summed E-state index contributed by atoms with van der Waals surface area (Å²) in [4.78, 5) is 54.2. The maximum absolute atomic E-state index is 14.7. The van der Waals surface area contributed by atoms with Crippen LogP contribution in [0.25, 0.3) is 0 Å². The molecule has 19 heteroatoms. The lowest BCUT2D eigenvalue weighted by molar-refractivity contribution is -0.192. The molecular weight excluding hydrogens is 703 g/mol. The van der Waals surface area contributed by atoms with Crippen molar-refractivity contribution in [2.45, 2.75) is 110 Å². The second kappa shape index (κ2) is 19.8. The smallest absolute Gasteiger partial charge is 0.475 e. The molecule has 2 fully saturated rings. The van der Waals surface area contributed by atoms with Crippen molar-refractivity contribution in [2.24, 2.45) is 0 Å². The molecule has 2 N–H and O–H groups in total. The standard InChI is InChI=1S/C18H28FN3O4.C13H20FN3O2.C2HF3O2/c1-12(23)15(19)22-14(11-21(5)17(24)26-18(2,3)4)10-20-16(22)13-6-8-25-9-7-13;1-9(18)12(14)17-11(7-15-2)8-16-13(17)10-3-5-19-6-4-10;3-2(4,5)1(6)7/h10,13,15H,6-9,11H2,1-5H3;8,10,12,15H,3-7H2,1-2H3;(H,6,7). The maximum atomic E-state index is 14.7. The van der Waals surface area contributed by atoms with Crippen LogP contribution in [0.4, 0.5) is 26.7 Å². The van der Waals surface area contributed by atoms with Crippen LogP contribution in [-0.4, -0.2) is 105 Å². The summed E-state index contributed by atoms with van der Waals surface area (Å²) in [7, 11) is 3.35. The van der Waals surface area contributed by atoms with Crippen LogP contribution < -0.4 is 5.32 Å². The molecule has 4 heterocycles. The predicted molar refractivity (Wildman–Crippen MR) is 176 cm³/mol. The molecule has 0 aliphatic carbocycles. The van der Waals surface area contributed by atoms with E-state index in [-0.39, 0.29) is 18.4 Å². The van der Waals surface area contributed by atoms with E-state index in [1.807, 2.05) is 0 Å². The van der Waals surface area contributed by atoms with Crippen molar-refractivity contribution >= 4 is 23.6 Å². The third-order valence-electron chi connectivity index (χ3n) is 7.81. The molecule has 0 spiro atoms. The number of halogens is 5. The van der Waals surface area contributed by atoms with Gasteiger partial charge < -0.3 is 29.5 Å². The molecular formula is C33H49F5N6O8. The van der Waals surface area contributed by atoms with E-state index in [1.54, 1.807) is 41.1 Å². The van der Waals surface area contributed by atoms with Gasteiger partial charge in [-0.05, 0) is 67.3 Å². The fourth-order valence-electron chi connectivity index (χ4n) is 5.30. The van der Waals surface area contributed by atoms with Crippen LogP contribution in [0.15, 0.2) is 12.4 Å². The lowest BCUT2D eigenvalue weighted by Gasteiger charge is -2.26. The number of hydrogen-bond acceptors (Lipinski definition) is 10. The number of carbonyl (C=O) groups excluding carboxylic acids is 3. The Morgan fingerprint density at radius 3 is 1.62 bits per heavy atom. The van der Waals surface area contributed by atoms with Crippen LogP contribution in [0.1, 0.15) is 108 Å². The first-order chi connectivity index (χ1) is 24.2. The lowest BCUT2D eigenvalue weighted by atomic mass is 9.99. The molecule has 2 aliphatic rings. The van der Waals surface area contributed by atoms with Gasteiger partial charge in [0.15, 0.2) is 11.6 Å². The van der Waals surface area contributed by atoms with E-state index in [4.69, 9.17) is 24.1 Å². The largest absolute Gasteiger partial charge is 0.490 e. The number of aliphatic carboxylic acids is 1. The summed E-state index contributed by atoms with van der Waals surface area (Å²) >= 11 is 0. The van der Waals surface area contributed by atoms with Crippen molar-refractivity contribution in [3.05, 3.63) is 35.4 Å². The van der Waals surface area contributed by atoms with E-state index in [2.05, 4.69) is 15.3 Å². The van der Waals surface area contributed by atoms with E-state index in [0.29, 0.717) is 56.0 Å². The van der Waals surface area contributed by atoms with Gasteiger partial charge in [-0.15, -0.1) is 0 Å². The van der Waals surface area contributed by atoms with Crippen molar-refractivity contribution in [2.75, 3.05) is 40.5 Å². The van der Waals surface area contributed by atoms with Gasteiger partial charge in [0.05, 0.1) is 24.1 Å². The number of imidazole rings is 2. The number of Topliss-reactive ketones (excluding diaryl/α,β-unsaturated/α-hetero) is 2. The summed E-state index contributed by atoms with van der Waals surface area (Å²) in [6.07, 6.45) is -2.80. The second-order valence-corrected chi connectivity index (χ2v) is 13.3. The molecule has 0 aromatic carbocycles. The Labute approximate surface area is 299 Å². The van der Waals surface area contributed by atoms with E-state index < -0.39 is 48.0 Å². The van der Waals surface area contributed by atoms with Gasteiger partial charge in [-0.1, -0.05) is 0 Å². The Balaban J connectivity index is 0.000000314. The predicted octanol–water partition coefficient (Wildman–Crippen LogP) is 5.39. The highest BCUT2D eigenvalue weighted by Gasteiger charge is 2.38. The second-order valence-electron chi connectivity index (χ2n) is 13.3. The number of rotatable bonds is 10. The summed E-state index contributed by atoms with van der Waals surface area (Å²) in [5, 5.41) is 10.1. The van der Waals surface area contributed by atoms with Crippen molar-refractivity contribution in [1.82, 2.24) is 29.3 Å². The number of hydrogen-bond donors (Lipinski definition) is 2. The number of nitrogens with zero attached hydrogens (tertiary/aromatic N) is 5. The molecule has 2 aliphatic heterocycles. The lowest BCUT2D eigenvalue weighted by Crippen LogP contribution is -2.34. The third-order valence-corrected chi connectivity index (χ3v) is 7.81. The first kappa shape index (κ1) is 44.2.